The van der Waals surface area contributed by atoms with Crippen LogP contribution in [-0.4, -0.2) is 119 Å². The van der Waals surface area contributed by atoms with E-state index in [1.807, 2.05) is 0 Å². The van der Waals surface area contributed by atoms with Gasteiger partial charge in [0.2, 0.25) is 5.78 Å². The molecular formula is C22H30MgN2O11. The number of phenols is 1. The number of amides is 1. The predicted octanol–water partition coefficient (Wildman–Crippen LogP) is -3.21. The summed E-state index contributed by atoms with van der Waals surface area (Å²) < 4.78 is 0. The first-order chi connectivity index (χ1) is 15.2. The van der Waals surface area contributed by atoms with Crippen molar-refractivity contribution >= 4 is 46.3 Å². The molecule has 0 aromatic heterocycles. The van der Waals surface area contributed by atoms with Crippen LogP contribution >= 0.6 is 0 Å². The van der Waals surface area contributed by atoms with Gasteiger partial charge >= 0.3 is 23.1 Å². The molecule has 0 aliphatic heterocycles. The minimum Gasteiger partial charge on any atom is -1.00 e. The zero-order valence-electron chi connectivity index (χ0n) is 21.7. The molecule has 0 heterocycles. The van der Waals surface area contributed by atoms with Gasteiger partial charge in [-0.2, -0.15) is 0 Å². The van der Waals surface area contributed by atoms with E-state index < -0.39 is 81.1 Å². The first-order valence-corrected chi connectivity index (χ1v) is 10.1. The summed E-state index contributed by atoms with van der Waals surface area (Å²) in [5.41, 5.74) is -1.78. The van der Waals surface area contributed by atoms with Gasteiger partial charge in [0.15, 0.2) is 11.4 Å². The first kappa shape index (κ1) is 31.5. The minimum atomic E-state index is -3.02. The van der Waals surface area contributed by atoms with Crippen LogP contribution in [0.2, 0.25) is 0 Å². The summed E-state index contributed by atoms with van der Waals surface area (Å²) in [4.78, 5) is 39.9. The number of phenolic OH excluding ortho intramolecular Hbond substituents is 1. The summed E-state index contributed by atoms with van der Waals surface area (Å²) in [6.45, 7) is 1.25. The zero-order chi connectivity index (χ0) is 24.8. The SMILES string of the molecule is CN(C)[C@@H]1C(=O)C(C(N)=O)=C(O)[C@@]2(O)C(=O)C3=C(O)c4c(O)cccc4[C@@](C)(O)[C@H]3[C@H](O)[C@@H]12.O.O.[H-].[H-].[Mg+2]. The summed E-state index contributed by atoms with van der Waals surface area (Å²) in [7, 11) is 2.80. The molecule has 0 spiro atoms. The fraction of sp³-hybridized carbons (Fsp3) is 0.409. The molecule has 0 unspecified atom stereocenters. The molecule has 14 heteroatoms. The van der Waals surface area contributed by atoms with Crippen LogP contribution in [0.15, 0.2) is 35.1 Å². The zero-order valence-corrected chi connectivity index (χ0v) is 21.1. The number of nitrogens with two attached hydrogens (primary N) is 1. The van der Waals surface area contributed by atoms with Crippen molar-refractivity contribution in [2.75, 3.05) is 14.1 Å². The molecule has 3 aliphatic rings. The maximum atomic E-state index is 13.7. The maximum Gasteiger partial charge on any atom is 2.00 e. The molecule has 6 atom stereocenters. The van der Waals surface area contributed by atoms with Gasteiger partial charge in [-0.25, -0.2) is 0 Å². The Labute approximate surface area is 223 Å². The Morgan fingerprint density at radius 2 is 1.67 bits per heavy atom. The molecule has 0 saturated heterocycles. The van der Waals surface area contributed by atoms with Crippen LogP contribution in [-0.2, 0) is 20.0 Å². The topological polar surface area (TPSA) is 265 Å². The standard InChI is InChI=1S/C22H24N2O9.Mg.2H2O.2H/c1-21(32)7-5-4-6-8(25)9(7)15(26)10-12(21)17(28)13-14(24(2)3)16(27)11(20(23)31)19(30)22(13,33)18(10)29;;;;;/h4-6,12-14,17,25-26,28,30,32-33H,1-3H3,(H2,23,31);;2*1H2;;/q;+2;;;2*-1/t12-,13-,14+,17+,21-,22+;;;;;/m1...../s1. The van der Waals surface area contributed by atoms with E-state index in [4.69, 9.17) is 5.73 Å². The summed E-state index contributed by atoms with van der Waals surface area (Å²) >= 11 is 0. The largest absolute Gasteiger partial charge is 2.00 e. The average molecular weight is 523 g/mol. The quantitative estimate of drug-likeness (QED) is 0.151. The number of primary amides is 1. The Morgan fingerprint density at radius 3 is 2.17 bits per heavy atom. The molecule has 196 valence electrons. The number of ketones is 2. The van der Waals surface area contributed by atoms with Gasteiger partial charge in [-0.1, -0.05) is 12.1 Å². The number of hydrogen-bond donors (Lipinski definition) is 7. The van der Waals surface area contributed by atoms with Crippen LogP contribution in [0.4, 0.5) is 0 Å². The molecule has 1 aromatic rings. The monoisotopic (exact) mass is 522 g/mol. The fourth-order valence-electron chi connectivity index (χ4n) is 5.60. The number of Topliss-reactive ketones (excluding diaryl/α,β-unsaturated/α-hetero) is 2. The van der Waals surface area contributed by atoms with Crippen molar-refractivity contribution in [1.29, 1.82) is 0 Å². The number of fused-ring (bicyclic) bond motifs is 3. The van der Waals surface area contributed by atoms with Crippen molar-refractivity contribution in [2.24, 2.45) is 17.6 Å². The summed E-state index contributed by atoms with van der Waals surface area (Å²) in [5, 5.41) is 66.3. The summed E-state index contributed by atoms with van der Waals surface area (Å²) in [6.07, 6.45) is -1.87. The molecule has 13 nitrogen and oxygen atoms in total. The van der Waals surface area contributed by atoms with Crippen LogP contribution in [0.25, 0.3) is 5.76 Å². The molecule has 1 aromatic carbocycles. The summed E-state index contributed by atoms with van der Waals surface area (Å²) in [6, 6.07) is 2.50. The third-order valence-corrected chi connectivity index (χ3v) is 7.03. The molecule has 1 amide bonds. The van der Waals surface area contributed by atoms with Gasteiger partial charge in [0.25, 0.3) is 5.91 Å². The van der Waals surface area contributed by atoms with Gasteiger partial charge in [-0.05, 0) is 32.6 Å². The molecule has 36 heavy (non-hydrogen) atoms. The number of likely N-dealkylation sites (N-methyl/N-ethyl adjacent to an activating group) is 1. The van der Waals surface area contributed by atoms with E-state index in [9.17, 15) is 45.0 Å². The van der Waals surface area contributed by atoms with E-state index in [0.29, 0.717) is 0 Å². The predicted molar refractivity (Wildman–Crippen MR) is 127 cm³/mol. The Bertz CT molecular complexity index is 1200. The third kappa shape index (κ3) is 3.64. The number of carbonyl (C=O) groups is 3. The van der Waals surface area contributed by atoms with Crippen molar-refractivity contribution < 1.29 is 58.8 Å². The van der Waals surface area contributed by atoms with Crippen LogP contribution < -0.4 is 5.73 Å². The second-order valence-electron chi connectivity index (χ2n) is 9.06. The number of nitrogens with zero attached hydrogens (tertiary/aromatic N) is 1. The average Bonchev–Trinajstić information content (AvgIpc) is 2.70. The second kappa shape index (κ2) is 9.72. The van der Waals surface area contributed by atoms with Crippen LogP contribution in [0, 0.1) is 11.8 Å². The van der Waals surface area contributed by atoms with Crippen molar-refractivity contribution in [3.05, 3.63) is 46.2 Å². The van der Waals surface area contributed by atoms with Gasteiger partial charge in [-0.3, -0.25) is 19.3 Å². The maximum absolute atomic E-state index is 13.7. The molecule has 3 aliphatic carbocycles. The molecule has 1 saturated carbocycles. The molecule has 4 rings (SSSR count). The van der Waals surface area contributed by atoms with Gasteiger partial charge in [0.1, 0.15) is 22.8 Å². The van der Waals surface area contributed by atoms with E-state index in [-0.39, 0.29) is 48.0 Å². The van der Waals surface area contributed by atoms with Gasteiger partial charge < -0.3 is 50.2 Å². The number of carbonyl (C=O) groups excluding carboxylic acids is 3. The molecule has 0 bridgehead atoms. The smallest absolute Gasteiger partial charge is 1.00 e. The summed E-state index contributed by atoms with van der Waals surface area (Å²) in [5.74, 6) is -9.67. The Morgan fingerprint density at radius 1 is 1.11 bits per heavy atom. The van der Waals surface area contributed by atoms with E-state index in [0.717, 1.165) is 0 Å². The molecule has 1 fully saturated rings. The number of aromatic hydroxyl groups is 1. The van der Waals surface area contributed by atoms with Crippen molar-refractivity contribution in [3.63, 3.8) is 0 Å². The van der Waals surface area contributed by atoms with Gasteiger partial charge in [0.05, 0.1) is 40.7 Å². The molecule has 0 radical (unpaired) electrons. The fourth-order valence-corrected chi connectivity index (χ4v) is 5.60. The number of aliphatic hydroxyl groups excluding tert-OH is 3. The molecular weight excluding hydrogens is 493 g/mol. The van der Waals surface area contributed by atoms with E-state index in [1.54, 1.807) is 0 Å². The normalized spacial score (nSPS) is 33.0. The van der Waals surface area contributed by atoms with Crippen LogP contribution in [0.1, 0.15) is 20.9 Å². The Balaban J connectivity index is 0. The number of rotatable bonds is 2. The van der Waals surface area contributed by atoms with Crippen molar-refractivity contribution in [2.45, 2.75) is 30.3 Å². The van der Waals surface area contributed by atoms with Crippen LogP contribution in [0.5, 0.6) is 5.75 Å². The van der Waals surface area contributed by atoms with E-state index >= 15 is 0 Å². The Hall–Kier alpha value is -2.56. The second-order valence-corrected chi connectivity index (χ2v) is 9.06. The van der Waals surface area contributed by atoms with Crippen molar-refractivity contribution in [3.8, 4) is 5.75 Å². The number of aliphatic hydroxyl groups is 5. The van der Waals surface area contributed by atoms with E-state index in [2.05, 4.69) is 0 Å². The first-order valence-electron chi connectivity index (χ1n) is 10.1. The van der Waals surface area contributed by atoms with Gasteiger partial charge in [0, 0.05) is 0 Å². The Kier molecular flexibility index (Phi) is 8.49. The minimum absolute atomic E-state index is 0. The van der Waals surface area contributed by atoms with Gasteiger partial charge in [-0.15, -0.1) is 0 Å². The van der Waals surface area contributed by atoms with E-state index in [1.165, 1.54) is 44.1 Å². The third-order valence-electron chi connectivity index (χ3n) is 7.03. The number of benzene rings is 1. The van der Waals surface area contributed by atoms with Crippen LogP contribution in [0.3, 0.4) is 0 Å². The van der Waals surface area contributed by atoms with Crippen molar-refractivity contribution in [1.82, 2.24) is 4.90 Å². The molecule has 12 N–H and O–H groups in total. The number of hydrogen-bond acceptors (Lipinski definition) is 10.